The van der Waals surface area contributed by atoms with Crippen molar-refractivity contribution in [3.8, 4) is 0 Å². The fraction of sp³-hybridized carbons (Fsp3) is 0.846. The SMILES string of the molecule is CCCCC(CC)CC(NCC)c1csnn1. The second-order valence-corrected chi connectivity index (χ2v) is 5.20. The molecule has 0 saturated carbocycles. The van der Waals surface area contributed by atoms with Crippen LogP contribution in [0.1, 0.15) is 64.6 Å². The van der Waals surface area contributed by atoms with E-state index in [1.807, 2.05) is 0 Å². The lowest BCUT2D eigenvalue weighted by Crippen LogP contribution is -2.24. The molecule has 0 saturated heterocycles. The maximum atomic E-state index is 4.21. The molecule has 17 heavy (non-hydrogen) atoms. The quantitative estimate of drug-likeness (QED) is 0.729. The second kappa shape index (κ2) is 8.59. The second-order valence-electron chi connectivity index (χ2n) is 4.59. The molecule has 1 heterocycles. The monoisotopic (exact) mass is 255 g/mol. The van der Waals surface area contributed by atoms with Crippen LogP contribution in [0.2, 0.25) is 0 Å². The van der Waals surface area contributed by atoms with E-state index in [1.165, 1.54) is 43.6 Å². The molecule has 0 aliphatic heterocycles. The van der Waals surface area contributed by atoms with E-state index in [1.54, 1.807) is 0 Å². The highest BCUT2D eigenvalue weighted by molar-refractivity contribution is 7.03. The van der Waals surface area contributed by atoms with Crippen molar-refractivity contribution in [2.24, 2.45) is 5.92 Å². The van der Waals surface area contributed by atoms with E-state index < -0.39 is 0 Å². The van der Waals surface area contributed by atoms with Gasteiger partial charge in [0.05, 0.1) is 11.7 Å². The molecule has 0 radical (unpaired) electrons. The van der Waals surface area contributed by atoms with Gasteiger partial charge < -0.3 is 5.32 Å². The van der Waals surface area contributed by atoms with Gasteiger partial charge >= 0.3 is 0 Å². The first-order valence-corrected chi connectivity index (χ1v) is 7.65. The number of nitrogens with one attached hydrogen (secondary N) is 1. The molecule has 1 aromatic heterocycles. The fourth-order valence-corrected chi connectivity index (χ4v) is 2.70. The molecule has 0 spiro atoms. The molecule has 2 atom stereocenters. The van der Waals surface area contributed by atoms with Gasteiger partial charge in [-0.25, -0.2) is 0 Å². The largest absolute Gasteiger partial charge is 0.309 e. The van der Waals surface area contributed by atoms with Crippen molar-refractivity contribution in [2.45, 2.75) is 58.9 Å². The molecule has 0 aromatic carbocycles. The highest BCUT2D eigenvalue weighted by Gasteiger charge is 2.18. The molecule has 2 unspecified atom stereocenters. The zero-order valence-electron chi connectivity index (χ0n) is 11.3. The Kier molecular flexibility index (Phi) is 7.37. The smallest absolute Gasteiger partial charge is 0.0924 e. The van der Waals surface area contributed by atoms with E-state index in [-0.39, 0.29) is 0 Å². The summed E-state index contributed by atoms with van der Waals surface area (Å²) in [6.45, 7) is 7.70. The first-order valence-electron chi connectivity index (χ1n) is 6.82. The third kappa shape index (κ3) is 5.13. The fourth-order valence-electron chi connectivity index (χ4n) is 2.19. The van der Waals surface area contributed by atoms with E-state index in [4.69, 9.17) is 0 Å². The standard InChI is InChI=1S/C13H25N3S/c1-4-7-8-11(5-2)9-12(14-6-3)13-10-17-16-15-13/h10-12,14H,4-9H2,1-3H3. The summed E-state index contributed by atoms with van der Waals surface area (Å²) in [6, 6.07) is 0.389. The van der Waals surface area contributed by atoms with Crippen LogP contribution in [0.25, 0.3) is 0 Å². The first-order chi connectivity index (χ1) is 8.31. The summed E-state index contributed by atoms with van der Waals surface area (Å²) in [5.74, 6) is 0.806. The molecular weight excluding hydrogens is 230 g/mol. The van der Waals surface area contributed by atoms with Gasteiger partial charge in [-0.2, -0.15) is 0 Å². The van der Waals surface area contributed by atoms with Gasteiger partial charge in [-0.15, -0.1) is 5.10 Å². The van der Waals surface area contributed by atoms with Gasteiger partial charge in [0.2, 0.25) is 0 Å². The topological polar surface area (TPSA) is 37.8 Å². The maximum absolute atomic E-state index is 4.21. The summed E-state index contributed by atoms with van der Waals surface area (Å²) < 4.78 is 3.97. The van der Waals surface area contributed by atoms with Crippen LogP contribution >= 0.6 is 11.5 Å². The molecule has 98 valence electrons. The molecule has 0 aliphatic carbocycles. The maximum Gasteiger partial charge on any atom is 0.0924 e. The predicted octanol–water partition coefficient (Wildman–Crippen LogP) is 3.80. The lowest BCUT2D eigenvalue weighted by molar-refractivity contribution is 0.353. The van der Waals surface area contributed by atoms with E-state index in [0.29, 0.717) is 6.04 Å². The van der Waals surface area contributed by atoms with Crippen molar-refractivity contribution in [1.82, 2.24) is 14.9 Å². The summed E-state index contributed by atoms with van der Waals surface area (Å²) in [5, 5.41) is 9.81. The Hall–Kier alpha value is -0.480. The van der Waals surface area contributed by atoms with Gasteiger partial charge in [0.25, 0.3) is 0 Å². The molecule has 0 aliphatic rings. The summed E-state index contributed by atoms with van der Waals surface area (Å²) in [7, 11) is 0. The normalized spacial score (nSPS) is 14.8. The van der Waals surface area contributed by atoms with Gasteiger partial charge in [-0.1, -0.05) is 50.9 Å². The first kappa shape index (κ1) is 14.6. The average Bonchev–Trinajstić information content (AvgIpc) is 2.87. The Morgan fingerprint density at radius 3 is 2.71 bits per heavy atom. The molecule has 1 aromatic rings. The van der Waals surface area contributed by atoms with Crippen LogP contribution in [0, 0.1) is 5.92 Å². The number of hydrogen-bond acceptors (Lipinski definition) is 4. The van der Waals surface area contributed by atoms with E-state index in [2.05, 4.69) is 41.1 Å². The van der Waals surface area contributed by atoms with Crippen molar-refractivity contribution in [2.75, 3.05) is 6.54 Å². The number of unbranched alkanes of at least 4 members (excludes halogenated alkanes) is 1. The predicted molar refractivity (Wildman–Crippen MR) is 74.2 cm³/mol. The van der Waals surface area contributed by atoms with E-state index >= 15 is 0 Å². The van der Waals surface area contributed by atoms with Crippen LogP contribution in [0.4, 0.5) is 0 Å². The van der Waals surface area contributed by atoms with Crippen LogP contribution < -0.4 is 5.32 Å². The Balaban J connectivity index is 2.52. The molecule has 1 N–H and O–H groups in total. The molecule has 0 amide bonds. The zero-order chi connectivity index (χ0) is 12.5. The number of hydrogen-bond donors (Lipinski definition) is 1. The number of rotatable bonds is 9. The number of aromatic nitrogens is 2. The van der Waals surface area contributed by atoms with Crippen molar-refractivity contribution < 1.29 is 0 Å². The molecular formula is C13H25N3S. The summed E-state index contributed by atoms with van der Waals surface area (Å²) in [4.78, 5) is 0. The lowest BCUT2D eigenvalue weighted by Gasteiger charge is -2.21. The van der Waals surface area contributed by atoms with Gasteiger partial charge in [-0.05, 0) is 30.4 Å². The zero-order valence-corrected chi connectivity index (χ0v) is 12.1. The molecule has 3 nitrogen and oxygen atoms in total. The van der Waals surface area contributed by atoms with E-state index in [0.717, 1.165) is 18.2 Å². The lowest BCUT2D eigenvalue weighted by atomic mass is 9.91. The number of nitrogens with zero attached hydrogens (tertiary/aromatic N) is 2. The van der Waals surface area contributed by atoms with Crippen LogP contribution in [0.3, 0.4) is 0 Å². The minimum Gasteiger partial charge on any atom is -0.309 e. The average molecular weight is 255 g/mol. The van der Waals surface area contributed by atoms with Crippen molar-refractivity contribution in [3.63, 3.8) is 0 Å². The van der Waals surface area contributed by atoms with Crippen LogP contribution in [0.5, 0.6) is 0 Å². The third-order valence-corrected chi connectivity index (χ3v) is 3.82. The van der Waals surface area contributed by atoms with Crippen molar-refractivity contribution in [1.29, 1.82) is 0 Å². The van der Waals surface area contributed by atoms with Gasteiger partial charge in [0.1, 0.15) is 0 Å². The van der Waals surface area contributed by atoms with Crippen LogP contribution in [-0.4, -0.2) is 16.1 Å². The minimum atomic E-state index is 0.389. The Bertz CT molecular complexity index is 274. The third-order valence-electron chi connectivity index (χ3n) is 3.30. The molecule has 0 bridgehead atoms. The van der Waals surface area contributed by atoms with Crippen molar-refractivity contribution in [3.05, 3.63) is 11.1 Å². The van der Waals surface area contributed by atoms with Crippen LogP contribution in [-0.2, 0) is 0 Å². The van der Waals surface area contributed by atoms with Crippen molar-refractivity contribution >= 4 is 11.5 Å². The Morgan fingerprint density at radius 1 is 1.35 bits per heavy atom. The van der Waals surface area contributed by atoms with Gasteiger partial charge in [-0.3, -0.25) is 0 Å². The summed E-state index contributed by atoms with van der Waals surface area (Å²) in [6.07, 6.45) is 6.43. The highest BCUT2D eigenvalue weighted by atomic mass is 32.1. The minimum absolute atomic E-state index is 0.389. The van der Waals surface area contributed by atoms with Gasteiger partial charge in [0, 0.05) is 5.38 Å². The highest BCUT2D eigenvalue weighted by Crippen LogP contribution is 2.26. The molecule has 4 heteroatoms. The molecule has 1 rings (SSSR count). The Morgan fingerprint density at radius 2 is 2.18 bits per heavy atom. The Labute approximate surface area is 109 Å². The summed E-state index contributed by atoms with van der Waals surface area (Å²) in [5.41, 5.74) is 1.12. The van der Waals surface area contributed by atoms with Crippen LogP contribution in [0.15, 0.2) is 5.38 Å². The summed E-state index contributed by atoms with van der Waals surface area (Å²) >= 11 is 1.45. The van der Waals surface area contributed by atoms with E-state index in [9.17, 15) is 0 Å². The molecule has 0 fully saturated rings. The van der Waals surface area contributed by atoms with Gasteiger partial charge in [0.15, 0.2) is 0 Å².